The summed E-state index contributed by atoms with van der Waals surface area (Å²) >= 11 is 1.91. The van der Waals surface area contributed by atoms with Gasteiger partial charge in [-0.25, -0.2) is 0 Å². The van der Waals surface area contributed by atoms with E-state index in [0.29, 0.717) is 5.41 Å². The van der Waals surface area contributed by atoms with E-state index in [0.717, 1.165) is 19.6 Å². The van der Waals surface area contributed by atoms with E-state index in [2.05, 4.69) is 44.3 Å². The van der Waals surface area contributed by atoms with Gasteiger partial charge < -0.3 is 10.2 Å². The minimum absolute atomic E-state index is 0.456. The summed E-state index contributed by atoms with van der Waals surface area (Å²) in [4.78, 5) is 2.39. The molecule has 0 saturated heterocycles. The van der Waals surface area contributed by atoms with Crippen LogP contribution in [0.2, 0.25) is 0 Å². The second-order valence-electron chi connectivity index (χ2n) is 5.36. The maximum atomic E-state index is 3.50. The molecule has 0 radical (unpaired) electrons. The molecule has 0 amide bonds. The highest BCUT2D eigenvalue weighted by Gasteiger charge is 2.08. The van der Waals surface area contributed by atoms with Gasteiger partial charge >= 0.3 is 0 Å². The molecule has 0 rings (SSSR count). The van der Waals surface area contributed by atoms with Crippen molar-refractivity contribution in [3.8, 4) is 0 Å². The Hall–Kier alpha value is 0.270. The lowest BCUT2D eigenvalue weighted by atomic mass is 9.92. The molecule has 2 nitrogen and oxygen atoms in total. The molecule has 0 spiro atoms. The van der Waals surface area contributed by atoms with Crippen molar-refractivity contribution in [3.63, 3.8) is 0 Å². The molecule has 15 heavy (non-hydrogen) atoms. The summed E-state index contributed by atoms with van der Waals surface area (Å²) in [5.74, 6) is 1.23. The lowest BCUT2D eigenvalue weighted by molar-refractivity contribution is 0.333. The lowest BCUT2D eigenvalue weighted by Crippen LogP contribution is -2.32. The van der Waals surface area contributed by atoms with Gasteiger partial charge in [-0.1, -0.05) is 20.8 Å². The third-order valence-corrected chi connectivity index (χ3v) is 2.99. The molecule has 0 fully saturated rings. The van der Waals surface area contributed by atoms with E-state index in [1.54, 1.807) is 0 Å². The van der Waals surface area contributed by atoms with E-state index >= 15 is 0 Å². The zero-order chi connectivity index (χ0) is 11.7. The molecule has 0 aromatic carbocycles. The van der Waals surface area contributed by atoms with Crippen molar-refractivity contribution in [3.05, 3.63) is 0 Å². The first kappa shape index (κ1) is 15.3. The fourth-order valence-electron chi connectivity index (χ4n) is 1.22. The van der Waals surface area contributed by atoms with E-state index in [4.69, 9.17) is 0 Å². The molecule has 0 aliphatic rings. The highest BCUT2D eigenvalue weighted by Crippen LogP contribution is 2.16. The first-order valence-corrected chi connectivity index (χ1v) is 7.23. The number of likely N-dealkylation sites (N-methyl/N-ethyl adjacent to an activating group) is 1. The normalized spacial score (nSPS) is 12.4. The maximum absolute atomic E-state index is 3.50. The van der Waals surface area contributed by atoms with E-state index < -0.39 is 0 Å². The Labute approximate surface area is 100 Å². The predicted molar refractivity (Wildman–Crippen MR) is 72.8 cm³/mol. The Kier molecular flexibility index (Phi) is 8.58. The van der Waals surface area contributed by atoms with Crippen LogP contribution in [0.25, 0.3) is 0 Å². The Bertz CT molecular complexity index is 143. The monoisotopic (exact) mass is 232 g/mol. The topological polar surface area (TPSA) is 15.3 Å². The van der Waals surface area contributed by atoms with Gasteiger partial charge in [0.25, 0.3) is 0 Å². The smallest absolute Gasteiger partial charge is 0.0104 e. The van der Waals surface area contributed by atoms with Crippen LogP contribution in [0.15, 0.2) is 0 Å². The zero-order valence-electron chi connectivity index (χ0n) is 11.1. The van der Waals surface area contributed by atoms with E-state index in [1.807, 2.05) is 11.8 Å². The number of nitrogens with zero attached hydrogens (tertiary/aromatic N) is 1. The second kappa shape index (κ2) is 8.43. The highest BCUT2D eigenvalue weighted by molar-refractivity contribution is 7.98. The molecule has 1 N–H and O–H groups in total. The molecule has 92 valence electrons. The van der Waals surface area contributed by atoms with Crippen LogP contribution < -0.4 is 5.32 Å². The first-order chi connectivity index (χ1) is 6.95. The quantitative estimate of drug-likeness (QED) is 0.647. The van der Waals surface area contributed by atoms with E-state index in [1.165, 1.54) is 18.7 Å². The van der Waals surface area contributed by atoms with Crippen LogP contribution >= 0.6 is 11.8 Å². The van der Waals surface area contributed by atoms with Gasteiger partial charge in [-0.2, -0.15) is 11.8 Å². The molecule has 0 heterocycles. The van der Waals surface area contributed by atoms with Crippen LogP contribution in [0, 0.1) is 5.41 Å². The van der Waals surface area contributed by atoms with Crippen LogP contribution in [-0.4, -0.2) is 50.1 Å². The standard InChI is InChI=1S/C12H28N2S/c1-12(2,3)6-7-13-8-9-14(4)10-11-15-5/h13H,6-11H2,1-5H3. The molecular weight excluding hydrogens is 204 g/mol. The molecule has 0 aromatic heterocycles. The zero-order valence-corrected chi connectivity index (χ0v) is 11.9. The predicted octanol–water partition coefficient (Wildman–Crippen LogP) is 2.31. The fourth-order valence-corrected chi connectivity index (χ4v) is 1.71. The average Bonchev–Trinajstić information content (AvgIpc) is 2.12. The SMILES string of the molecule is CSCCN(C)CCNCCC(C)(C)C. The van der Waals surface area contributed by atoms with Crippen molar-refractivity contribution in [2.45, 2.75) is 27.2 Å². The van der Waals surface area contributed by atoms with Crippen molar-refractivity contribution >= 4 is 11.8 Å². The molecule has 0 unspecified atom stereocenters. The third-order valence-electron chi connectivity index (χ3n) is 2.40. The lowest BCUT2D eigenvalue weighted by Gasteiger charge is -2.19. The largest absolute Gasteiger partial charge is 0.315 e. The van der Waals surface area contributed by atoms with Gasteiger partial charge in [0.2, 0.25) is 0 Å². The van der Waals surface area contributed by atoms with Gasteiger partial charge in [0.05, 0.1) is 0 Å². The van der Waals surface area contributed by atoms with Crippen molar-refractivity contribution in [1.82, 2.24) is 10.2 Å². The third kappa shape index (κ3) is 12.2. The van der Waals surface area contributed by atoms with Crippen LogP contribution in [0.1, 0.15) is 27.2 Å². The van der Waals surface area contributed by atoms with Crippen molar-refractivity contribution in [2.24, 2.45) is 5.41 Å². The van der Waals surface area contributed by atoms with Crippen LogP contribution in [0.3, 0.4) is 0 Å². The van der Waals surface area contributed by atoms with Crippen molar-refractivity contribution in [1.29, 1.82) is 0 Å². The number of thioether (sulfide) groups is 1. The minimum atomic E-state index is 0.456. The summed E-state index contributed by atoms with van der Waals surface area (Å²) in [6.07, 6.45) is 3.41. The number of hydrogen-bond donors (Lipinski definition) is 1. The summed E-state index contributed by atoms with van der Waals surface area (Å²) in [6, 6.07) is 0. The Morgan fingerprint density at radius 3 is 2.33 bits per heavy atom. The maximum Gasteiger partial charge on any atom is 0.0104 e. The van der Waals surface area contributed by atoms with Gasteiger partial charge in [0.15, 0.2) is 0 Å². The Balaban J connectivity index is 3.23. The van der Waals surface area contributed by atoms with E-state index in [9.17, 15) is 0 Å². The molecule has 0 bridgehead atoms. The van der Waals surface area contributed by atoms with Gasteiger partial charge in [-0.3, -0.25) is 0 Å². The second-order valence-corrected chi connectivity index (χ2v) is 6.34. The molecular formula is C12H28N2S. The summed E-state index contributed by atoms with van der Waals surface area (Å²) in [6.45, 7) is 11.5. The summed E-state index contributed by atoms with van der Waals surface area (Å²) in [5.41, 5.74) is 0.456. The highest BCUT2D eigenvalue weighted by atomic mass is 32.2. The number of nitrogens with one attached hydrogen (secondary N) is 1. The molecule has 0 atom stereocenters. The Morgan fingerprint density at radius 2 is 1.80 bits per heavy atom. The molecule has 0 aromatic rings. The van der Waals surface area contributed by atoms with Crippen molar-refractivity contribution in [2.75, 3.05) is 45.2 Å². The minimum Gasteiger partial charge on any atom is -0.315 e. The van der Waals surface area contributed by atoms with Gasteiger partial charge in [0.1, 0.15) is 0 Å². The van der Waals surface area contributed by atoms with Crippen molar-refractivity contribution < 1.29 is 0 Å². The van der Waals surface area contributed by atoms with Gasteiger partial charge in [0, 0.05) is 25.4 Å². The first-order valence-electron chi connectivity index (χ1n) is 5.84. The summed E-state index contributed by atoms with van der Waals surface area (Å²) in [5, 5.41) is 3.50. The van der Waals surface area contributed by atoms with Gasteiger partial charge in [-0.05, 0) is 31.7 Å². The fraction of sp³-hybridized carbons (Fsp3) is 1.00. The van der Waals surface area contributed by atoms with E-state index in [-0.39, 0.29) is 0 Å². The summed E-state index contributed by atoms with van der Waals surface area (Å²) in [7, 11) is 2.20. The molecule has 0 saturated carbocycles. The van der Waals surface area contributed by atoms with Crippen LogP contribution in [0.5, 0.6) is 0 Å². The molecule has 3 heteroatoms. The number of hydrogen-bond acceptors (Lipinski definition) is 3. The van der Waals surface area contributed by atoms with Gasteiger partial charge in [-0.15, -0.1) is 0 Å². The number of rotatable bonds is 8. The Morgan fingerprint density at radius 1 is 1.13 bits per heavy atom. The summed E-state index contributed by atoms with van der Waals surface area (Å²) < 4.78 is 0. The molecule has 0 aliphatic heterocycles. The van der Waals surface area contributed by atoms with Crippen LogP contribution in [-0.2, 0) is 0 Å². The molecule has 0 aliphatic carbocycles. The van der Waals surface area contributed by atoms with Crippen LogP contribution in [0.4, 0.5) is 0 Å². The average molecular weight is 232 g/mol.